The zero-order valence-corrected chi connectivity index (χ0v) is 24.3. The standard InChI is InChI=1S/C29H26ClN3O7S/c1-5-39-21(34)14-32-19-10-8-7-9-17(19)23(26(32)35)25-27(36)33-24(18-13-16(30)11-12-20(18)38-4)22(28(37)40-6-2)15(3)31-29(33)41-25/h7-13,24H,5-6,14H2,1-4H3/b25-23-/t24-/m1/s1. The first-order valence-electron chi connectivity index (χ1n) is 12.8. The number of fused-ring (bicyclic) bond motifs is 2. The normalized spacial score (nSPS) is 17.1. The van der Waals surface area contributed by atoms with Crippen molar-refractivity contribution in [3.05, 3.63) is 89.6 Å². The van der Waals surface area contributed by atoms with Crippen molar-refractivity contribution in [1.29, 1.82) is 0 Å². The summed E-state index contributed by atoms with van der Waals surface area (Å²) in [6.07, 6.45) is 0. The van der Waals surface area contributed by atoms with E-state index in [9.17, 15) is 19.2 Å². The molecule has 2 aliphatic rings. The summed E-state index contributed by atoms with van der Waals surface area (Å²) in [5.41, 5.74) is 1.56. The van der Waals surface area contributed by atoms with Crippen LogP contribution in [0.3, 0.4) is 0 Å². The lowest BCUT2D eigenvalue weighted by Gasteiger charge is -2.26. The van der Waals surface area contributed by atoms with E-state index in [2.05, 4.69) is 4.99 Å². The van der Waals surface area contributed by atoms with E-state index in [0.29, 0.717) is 33.3 Å². The van der Waals surface area contributed by atoms with Crippen molar-refractivity contribution < 1.29 is 28.6 Å². The van der Waals surface area contributed by atoms with Crippen LogP contribution in [-0.4, -0.2) is 49.3 Å². The number of rotatable bonds is 7. The summed E-state index contributed by atoms with van der Waals surface area (Å²) in [5, 5.41) is 0.373. The molecule has 1 aromatic heterocycles. The first-order chi connectivity index (χ1) is 19.7. The van der Waals surface area contributed by atoms with E-state index >= 15 is 0 Å². The molecule has 1 amide bonds. The Morgan fingerprint density at radius 1 is 1.07 bits per heavy atom. The predicted molar refractivity (Wildman–Crippen MR) is 153 cm³/mol. The molecule has 0 saturated heterocycles. The topological polar surface area (TPSA) is 116 Å². The number of thiazole rings is 1. The molecule has 0 radical (unpaired) electrons. The van der Waals surface area contributed by atoms with Crippen LogP contribution < -0.4 is 24.5 Å². The molecule has 12 heteroatoms. The van der Waals surface area contributed by atoms with E-state index in [-0.39, 0.29) is 40.2 Å². The van der Waals surface area contributed by atoms with Gasteiger partial charge in [-0.1, -0.05) is 41.1 Å². The van der Waals surface area contributed by atoms with E-state index in [1.54, 1.807) is 63.2 Å². The number of nitrogens with zero attached hydrogens (tertiary/aromatic N) is 3. The van der Waals surface area contributed by atoms with E-state index in [1.165, 1.54) is 16.6 Å². The van der Waals surface area contributed by atoms with E-state index in [4.69, 9.17) is 25.8 Å². The van der Waals surface area contributed by atoms with Gasteiger partial charge in [-0.3, -0.25) is 23.9 Å². The minimum absolute atomic E-state index is 0.116. The van der Waals surface area contributed by atoms with Crippen molar-refractivity contribution in [2.75, 3.05) is 31.8 Å². The van der Waals surface area contributed by atoms with Gasteiger partial charge in [0.25, 0.3) is 11.5 Å². The van der Waals surface area contributed by atoms with Gasteiger partial charge in [0.2, 0.25) is 0 Å². The van der Waals surface area contributed by atoms with Gasteiger partial charge in [-0.25, -0.2) is 9.79 Å². The van der Waals surface area contributed by atoms with Gasteiger partial charge in [0.1, 0.15) is 22.9 Å². The Morgan fingerprint density at radius 2 is 1.80 bits per heavy atom. The minimum atomic E-state index is -0.990. The van der Waals surface area contributed by atoms with Crippen LogP contribution >= 0.6 is 22.9 Å². The minimum Gasteiger partial charge on any atom is -0.496 e. The molecule has 0 bridgehead atoms. The third-order valence-electron chi connectivity index (χ3n) is 6.72. The maximum Gasteiger partial charge on any atom is 0.338 e. The van der Waals surface area contributed by atoms with Crippen LogP contribution in [0.25, 0.3) is 5.57 Å². The third kappa shape index (κ3) is 4.85. The first-order valence-corrected chi connectivity index (χ1v) is 14.0. The number of halogens is 1. The fourth-order valence-electron chi connectivity index (χ4n) is 5.05. The third-order valence-corrected chi connectivity index (χ3v) is 8.01. The summed E-state index contributed by atoms with van der Waals surface area (Å²) >= 11 is 7.39. The van der Waals surface area contributed by atoms with Crippen LogP contribution in [-0.2, 0) is 23.9 Å². The highest BCUT2D eigenvalue weighted by atomic mass is 35.5. The van der Waals surface area contributed by atoms with Gasteiger partial charge >= 0.3 is 11.9 Å². The highest BCUT2D eigenvalue weighted by molar-refractivity contribution is 7.07. The second-order valence-corrected chi connectivity index (χ2v) is 10.5. The zero-order valence-electron chi connectivity index (χ0n) is 22.7. The predicted octanol–water partition coefficient (Wildman–Crippen LogP) is 2.74. The van der Waals surface area contributed by atoms with E-state index < -0.39 is 29.4 Å². The Bertz CT molecular complexity index is 1810. The molecule has 0 N–H and O–H groups in total. The lowest BCUT2D eigenvalue weighted by Crippen LogP contribution is -2.41. The number of anilines is 1. The Kier molecular flexibility index (Phi) is 7.83. The number of hydrogen-bond donors (Lipinski definition) is 0. The van der Waals surface area contributed by atoms with Crippen LogP contribution in [0.1, 0.15) is 37.9 Å². The van der Waals surface area contributed by atoms with Crippen LogP contribution in [0.4, 0.5) is 5.69 Å². The van der Waals surface area contributed by atoms with Crippen molar-refractivity contribution in [3.8, 4) is 5.75 Å². The van der Waals surface area contributed by atoms with Crippen molar-refractivity contribution in [1.82, 2.24) is 4.57 Å². The van der Waals surface area contributed by atoms with Gasteiger partial charge in [-0.2, -0.15) is 0 Å². The van der Waals surface area contributed by atoms with Gasteiger partial charge in [-0.05, 0) is 45.0 Å². The van der Waals surface area contributed by atoms with E-state index in [1.807, 2.05) is 0 Å². The summed E-state index contributed by atoms with van der Waals surface area (Å²) in [7, 11) is 1.48. The van der Waals surface area contributed by atoms with Gasteiger partial charge in [0, 0.05) is 16.1 Å². The summed E-state index contributed by atoms with van der Waals surface area (Å²) in [6.45, 7) is 5.01. The number of benzene rings is 2. The zero-order chi connectivity index (χ0) is 29.4. The summed E-state index contributed by atoms with van der Waals surface area (Å²) in [4.78, 5) is 59.8. The molecule has 2 aliphatic heterocycles. The number of para-hydroxylation sites is 1. The largest absolute Gasteiger partial charge is 0.496 e. The number of carbonyl (C=O) groups excluding carboxylic acids is 3. The molecule has 0 fully saturated rings. The van der Waals surface area contributed by atoms with Crippen LogP contribution in [0.2, 0.25) is 5.02 Å². The highest BCUT2D eigenvalue weighted by Gasteiger charge is 2.39. The molecular formula is C29H26ClN3O7S. The second-order valence-electron chi connectivity index (χ2n) is 9.10. The molecule has 5 rings (SSSR count). The number of allylic oxidation sites excluding steroid dienone is 1. The van der Waals surface area contributed by atoms with Gasteiger partial charge in [0.05, 0.1) is 42.9 Å². The average molecular weight is 596 g/mol. The first kappa shape index (κ1) is 28.3. The summed E-state index contributed by atoms with van der Waals surface area (Å²) in [6, 6.07) is 10.9. The molecule has 3 heterocycles. The Hall–Kier alpha value is -4.22. The van der Waals surface area contributed by atoms with E-state index in [0.717, 1.165) is 11.3 Å². The smallest absolute Gasteiger partial charge is 0.338 e. The molecule has 3 aromatic rings. The molecule has 10 nitrogen and oxygen atoms in total. The molecule has 0 spiro atoms. The fraction of sp³-hybridized carbons (Fsp3) is 0.276. The number of hydrogen-bond acceptors (Lipinski definition) is 9. The van der Waals surface area contributed by atoms with Crippen molar-refractivity contribution in [3.63, 3.8) is 0 Å². The van der Waals surface area contributed by atoms with Gasteiger partial charge in [0.15, 0.2) is 4.80 Å². The van der Waals surface area contributed by atoms with Crippen LogP contribution in [0, 0.1) is 0 Å². The summed E-state index contributed by atoms with van der Waals surface area (Å²) in [5.74, 6) is -1.32. The summed E-state index contributed by atoms with van der Waals surface area (Å²) < 4.78 is 17.5. The Labute approximate surface area is 243 Å². The maximum atomic E-state index is 14.3. The second kappa shape index (κ2) is 11.3. The average Bonchev–Trinajstić information content (AvgIpc) is 3.40. The monoisotopic (exact) mass is 595 g/mol. The number of amides is 1. The lowest BCUT2D eigenvalue weighted by molar-refractivity contribution is -0.142. The molecular weight excluding hydrogens is 570 g/mol. The van der Waals surface area contributed by atoms with Crippen LogP contribution in [0.15, 0.2) is 63.5 Å². The number of methoxy groups -OCH3 is 1. The number of carbonyl (C=O) groups is 3. The Balaban J connectivity index is 1.80. The molecule has 212 valence electrons. The molecule has 41 heavy (non-hydrogen) atoms. The number of ether oxygens (including phenoxy) is 3. The molecule has 2 aromatic carbocycles. The highest BCUT2D eigenvalue weighted by Crippen LogP contribution is 2.38. The number of aromatic nitrogens is 1. The molecule has 0 aliphatic carbocycles. The van der Waals surface area contributed by atoms with Crippen LogP contribution in [0.5, 0.6) is 5.75 Å². The van der Waals surface area contributed by atoms with Gasteiger partial charge in [-0.15, -0.1) is 0 Å². The fourth-order valence-corrected chi connectivity index (χ4v) is 6.36. The quantitative estimate of drug-likeness (QED) is 0.386. The molecule has 0 saturated carbocycles. The SMILES string of the molecule is CCOC(=O)CN1C(=O)/C(=c2\sc3n(c2=O)[C@H](c2cc(Cl)ccc2OC)C(C(=O)OCC)=C(C)N=3)c2ccccc21. The lowest BCUT2D eigenvalue weighted by atomic mass is 9.95. The van der Waals surface area contributed by atoms with Gasteiger partial charge < -0.3 is 14.2 Å². The molecule has 1 atom stereocenters. The molecule has 0 unspecified atom stereocenters. The van der Waals surface area contributed by atoms with Crippen molar-refractivity contribution >= 4 is 52.0 Å². The maximum absolute atomic E-state index is 14.3. The number of esters is 2. The Morgan fingerprint density at radius 3 is 2.51 bits per heavy atom. The van der Waals surface area contributed by atoms with Crippen molar-refractivity contribution in [2.45, 2.75) is 26.8 Å². The van der Waals surface area contributed by atoms with Crippen molar-refractivity contribution in [2.24, 2.45) is 4.99 Å².